The van der Waals surface area contributed by atoms with Crippen molar-refractivity contribution in [1.29, 1.82) is 0 Å². The van der Waals surface area contributed by atoms with Crippen LogP contribution < -0.4 is 5.32 Å². The number of rotatable bonds is 9. The molecular formula is C13H26ClNO. The third kappa shape index (κ3) is 7.98. The lowest BCUT2D eigenvalue weighted by Gasteiger charge is -2.18. The molecule has 1 amide bonds. The maximum atomic E-state index is 11.6. The lowest BCUT2D eigenvalue weighted by atomic mass is 10.1. The molecule has 0 aliphatic heterocycles. The van der Waals surface area contributed by atoms with Gasteiger partial charge < -0.3 is 5.32 Å². The highest BCUT2D eigenvalue weighted by Gasteiger charge is 2.13. The summed E-state index contributed by atoms with van der Waals surface area (Å²) in [5, 5.41) is 3.00. The van der Waals surface area contributed by atoms with E-state index in [-0.39, 0.29) is 11.9 Å². The minimum absolute atomic E-state index is 0.168. The Labute approximate surface area is 105 Å². The van der Waals surface area contributed by atoms with Gasteiger partial charge in [0.1, 0.15) is 0 Å². The predicted molar refractivity (Wildman–Crippen MR) is 70.9 cm³/mol. The smallest absolute Gasteiger partial charge is 0.220 e. The van der Waals surface area contributed by atoms with Gasteiger partial charge in [0.25, 0.3) is 0 Å². The Morgan fingerprint density at radius 2 is 1.81 bits per heavy atom. The van der Waals surface area contributed by atoms with E-state index in [9.17, 15) is 4.79 Å². The van der Waals surface area contributed by atoms with Crippen molar-refractivity contribution in [3.8, 4) is 0 Å². The van der Waals surface area contributed by atoms with E-state index in [1.807, 2.05) is 6.92 Å². The van der Waals surface area contributed by atoms with Crippen LogP contribution in [0, 0.1) is 5.92 Å². The largest absolute Gasteiger partial charge is 0.353 e. The molecule has 16 heavy (non-hydrogen) atoms. The standard InChI is InChI=1S/C13H26ClNO/c1-4-5-6-7-8-9-13(16)15-12(3)11(2)10-14/h11-12H,4-10H2,1-3H3,(H,15,16). The van der Waals surface area contributed by atoms with E-state index in [1.165, 1.54) is 25.7 Å². The van der Waals surface area contributed by atoms with Crippen LogP contribution in [-0.4, -0.2) is 17.8 Å². The fourth-order valence-electron chi connectivity index (χ4n) is 1.49. The number of alkyl halides is 1. The van der Waals surface area contributed by atoms with E-state index in [0.29, 0.717) is 18.2 Å². The highest BCUT2D eigenvalue weighted by atomic mass is 35.5. The molecule has 0 spiro atoms. The molecule has 96 valence electrons. The summed E-state index contributed by atoms with van der Waals surface area (Å²) in [7, 11) is 0. The van der Waals surface area contributed by atoms with Crippen molar-refractivity contribution in [2.24, 2.45) is 5.92 Å². The van der Waals surface area contributed by atoms with Crippen molar-refractivity contribution in [3.63, 3.8) is 0 Å². The van der Waals surface area contributed by atoms with E-state index in [2.05, 4.69) is 19.2 Å². The summed E-state index contributed by atoms with van der Waals surface area (Å²) in [5.74, 6) is 1.10. The minimum Gasteiger partial charge on any atom is -0.353 e. The summed E-state index contributed by atoms with van der Waals surface area (Å²) in [5.41, 5.74) is 0. The van der Waals surface area contributed by atoms with Crippen LogP contribution in [0.1, 0.15) is 59.3 Å². The number of carbonyl (C=O) groups excluding carboxylic acids is 1. The van der Waals surface area contributed by atoms with Gasteiger partial charge in [-0.15, -0.1) is 11.6 Å². The molecule has 0 heterocycles. The molecule has 0 aromatic rings. The van der Waals surface area contributed by atoms with Gasteiger partial charge in [0, 0.05) is 18.3 Å². The first-order chi connectivity index (χ1) is 7.61. The molecular weight excluding hydrogens is 222 g/mol. The zero-order chi connectivity index (χ0) is 12.4. The topological polar surface area (TPSA) is 29.1 Å². The van der Waals surface area contributed by atoms with Crippen LogP contribution >= 0.6 is 11.6 Å². The highest BCUT2D eigenvalue weighted by Crippen LogP contribution is 2.07. The molecule has 0 aliphatic rings. The minimum atomic E-state index is 0.168. The maximum Gasteiger partial charge on any atom is 0.220 e. The van der Waals surface area contributed by atoms with Gasteiger partial charge in [-0.1, -0.05) is 39.5 Å². The lowest BCUT2D eigenvalue weighted by molar-refractivity contribution is -0.122. The van der Waals surface area contributed by atoms with Crippen molar-refractivity contribution in [1.82, 2.24) is 5.32 Å². The molecule has 0 radical (unpaired) electrons. The number of hydrogen-bond acceptors (Lipinski definition) is 1. The Bertz CT molecular complexity index is 185. The Hall–Kier alpha value is -0.240. The highest BCUT2D eigenvalue weighted by molar-refractivity contribution is 6.18. The first-order valence-electron chi connectivity index (χ1n) is 6.47. The second-order valence-corrected chi connectivity index (χ2v) is 4.96. The monoisotopic (exact) mass is 247 g/mol. The molecule has 0 saturated carbocycles. The summed E-state index contributed by atoms with van der Waals surface area (Å²) < 4.78 is 0. The van der Waals surface area contributed by atoms with Gasteiger partial charge in [-0.25, -0.2) is 0 Å². The van der Waals surface area contributed by atoms with Gasteiger partial charge in [-0.05, 0) is 19.3 Å². The summed E-state index contributed by atoms with van der Waals surface area (Å²) >= 11 is 5.74. The molecule has 3 heteroatoms. The zero-order valence-corrected chi connectivity index (χ0v) is 11.6. The van der Waals surface area contributed by atoms with Crippen molar-refractivity contribution in [2.75, 3.05) is 5.88 Å². The van der Waals surface area contributed by atoms with Crippen molar-refractivity contribution in [3.05, 3.63) is 0 Å². The van der Waals surface area contributed by atoms with E-state index < -0.39 is 0 Å². The maximum absolute atomic E-state index is 11.6. The molecule has 0 aromatic heterocycles. The molecule has 2 unspecified atom stereocenters. The number of carbonyl (C=O) groups is 1. The number of unbranched alkanes of at least 4 members (excludes halogenated alkanes) is 4. The molecule has 0 saturated heterocycles. The average molecular weight is 248 g/mol. The molecule has 0 fully saturated rings. The molecule has 2 nitrogen and oxygen atoms in total. The molecule has 0 aromatic carbocycles. The van der Waals surface area contributed by atoms with Crippen molar-refractivity contribution in [2.45, 2.75) is 65.3 Å². The van der Waals surface area contributed by atoms with Crippen LogP contribution in [0.5, 0.6) is 0 Å². The molecule has 2 atom stereocenters. The van der Waals surface area contributed by atoms with Gasteiger partial charge in [0.05, 0.1) is 0 Å². The van der Waals surface area contributed by atoms with Crippen LogP contribution in [0.4, 0.5) is 0 Å². The Morgan fingerprint density at radius 3 is 2.38 bits per heavy atom. The first-order valence-corrected chi connectivity index (χ1v) is 7.00. The fourth-order valence-corrected chi connectivity index (χ4v) is 1.76. The third-order valence-corrected chi connectivity index (χ3v) is 3.48. The SMILES string of the molecule is CCCCCCCC(=O)NC(C)C(C)CCl. The third-order valence-electron chi connectivity index (χ3n) is 2.99. The van der Waals surface area contributed by atoms with Gasteiger partial charge in [-0.2, -0.15) is 0 Å². The summed E-state index contributed by atoms with van der Waals surface area (Å²) in [6, 6.07) is 0.181. The zero-order valence-electron chi connectivity index (χ0n) is 10.9. The molecule has 1 N–H and O–H groups in total. The number of halogens is 1. The van der Waals surface area contributed by atoms with Crippen molar-refractivity contribution >= 4 is 17.5 Å². The molecule has 0 bridgehead atoms. The van der Waals surface area contributed by atoms with E-state index >= 15 is 0 Å². The van der Waals surface area contributed by atoms with Crippen LogP contribution in [-0.2, 0) is 4.79 Å². The summed E-state index contributed by atoms with van der Waals surface area (Å²) in [6.07, 6.45) is 6.60. The molecule has 0 rings (SSSR count). The predicted octanol–water partition coefficient (Wildman–Crippen LogP) is 3.73. The van der Waals surface area contributed by atoms with E-state index in [1.54, 1.807) is 0 Å². The Balaban J connectivity index is 3.51. The second kappa shape index (κ2) is 9.95. The normalized spacial score (nSPS) is 14.5. The summed E-state index contributed by atoms with van der Waals surface area (Å²) in [4.78, 5) is 11.6. The first kappa shape index (κ1) is 15.8. The van der Waals surface area contributed by atoms with Crippen LogP contribution in [0.15, 0.2) is 0 Å². The second-order valence-electron chi connectivity index (χ2n) is 4.65. The van der Waals surface area contributed by atoms with Gasteiger partial charge in [-0.3, -0.25) is 4.79 Å². The van der Waals surface area contributed by atoms with E-state index in [0.717, 1.165) is 6.42 Å². The van der Waals surface area contributed by atoms with Gasteiger partial charge in [0.15, 0.2) is 0 Å². The van der Waals surface area contributed by atoms with Crippen LogP contribution in [0.3, 0.4) is 0 Å². The van der Waals surface area contributed by atoms with E-state index in [4.69, 9.17) is 11.6 Å². The molecule has 0 aliphatic carbocycles. The Morgan fingerprint density at radius 1 is 1.19 bits per heavy atom. The average Bonchev–Trinajstić information content (AvgIpc) is 2.27. The fraction of sp³-hybridized carbons (Fsp3) is 0.923. The number of nitrogens with one attached hydrogen (secondary N) is 1. The van der Waals surface area contributed by atoms with Gasteiger partial charge in [0.2, 0.25) is 5.91 Å². The van der Waals surface area contributed by atoms with Crippen LogP contribution in [0.2, 0.25) is 0 Å². The Kier molecular flexibility index (Phi) is 9.80. The quantitative estimate of drug-likeness (QED) is 0.488. The lowest BCUT2D eigenvalue weighted by Crippen LogP contribution is -2.37. The van der Waals surface area contributed by atoms with Crippen LogP contribution in [0.25, 0.3) is 0 Å². The van der Waals surface area contributed by atoms with Crippen molar-refractivity contribution < 1.29 is 4.79 Å². The van der Waals surface area contributed by atoms with Gasteiger partial charge >= 0.3 is 0 Å². The summed E-state index contributed by atoms with van der Waals surface area (Å²) in [6.45, 7) is 6.27. The number of amides is 1. The number of hydrogen-bond donors (Lipinski definition) is 1.